The van der Waals surface area contributed by atoms with E-state index in [0.717, 1.165) is 16.3 Å². The van der Waals surface area contributed by atoms with E-state index in [1.807, 2.05) is 18.2 Å². The first-order valence-electron chi connectivity index (χ1n) is 5.96. The van der Waals surface area contributed by atoms with Crippen LogP contribution in [0.4, 0.5) is 5.69 Å². The molecule has 0 aromatic heterocycles. The number of nitrogens with zero attached hydrogens (tertiary/aromatic N) is 1. The second kappa shape index (κ2) is 5.04. The lowest BCUT2D eigenvalue weighted by Crippen LogP contribution is -2.23. The number of benzene rings is 2. The molecule has 1 aliphatic heterocycles. The highest BCUT2D eigenvalue weighted by Crippen LogP contribution is 2.37. The average Bonchev–Trinajstić information content (AvgIpc) is 2.78. The molecule has 0 saturated heterocycles. The van der Waals surface area contributed by atoms with Gasteiger partial charge in [0.1, 0.15) is 6.29 Å². The van der Waals surface area contributed by atoms with E-state index in [9.17, 15) is 9.59 Å². The molecule has 1 heterocycles. The normalized spacial score (nSPS) is 13.5. The van der Waals surface area contributed by atoms with E-state index >= 15 is 0 Å². The summed E-state index contributed by atoms with van der Waals surface area (Å²) in [6.07, 6.45) is 0.738. The first-order valence-corrected chi connectivity index (χ1v) is 7.13. The van der Waals surface area contributed by atoms with Crippen molar-refractivity contribution in [1.29, 1.82) is 0 Å². The highest BCUT2D eigenvalue weighted by atomic mass is 79.9. The molecule has 100 valence electrons. The topological polar surface area (TPSA) is 37.4 Å². The molecule has 3 nitrogen and oxygen atoms in total. The summed E-state index contributed by atoms with van der Waals surface area (Å²) >= 11 is 9.60. The number of amides is 1. The van der Waals surface area contributed by atoms with E-state index in [1.54, 1.807) is 23.1 Å². The number of fused-ring (bicyclic) bond motifs is 1. The molecule has 2 aromatic carbocycles. The third-order valence-electron chi connectivity index (χ3n) is 3.30. The summed E-state index contributed by atoms with van der Waals surface area (Å²) in [7, 11) is 0. The lowest BCUT2D eigenvalue weighted by Gasteiger charge is -2.17. The fraction of sp³-hybridized carbons (Fsp3) is 0.0667. The van der Waals surface area contributed by atoms with Crippen LogP contribution in [0.25, 0.3) is 0 Å². The number of rotatable bonds is 2. The van der Waals surface area contributed by atoms with E-state index in [2.05, 4.69) is 15.9 Å². The van der Waals surface area contributed by atoms with Crippen LogP contribution in [0.2, 0.25) is 5.02 Å². The number of carbonyl (C=O) groups is 2. The quantitative estimate of drug-likeness (QED) is 0.766. The molecule has 0 fully saturated rings. The van der Waals surface area contributed by atoms with Gasteiger partial charge in [0.25, 0.3) is 5.91 Å². The summed E-state index contributed by atoms with van der Waals surface area (Å²) in [5, 5.41) is 0.504. The maximum atomic E-state index is 12.5. The molecule has 0 aliphatic carbocycles. The van der Waals surface area contributed by atoms with E-state index in [-0.39, 0.29) is 5.91 Å². The molecular weight excluding hydrogens is 342 g/mol. The number of anilines is 1. The molecule has 0 N–H and O–H groups in total. The Bertz CT molecular complexity index is 730. The van der Waals surface area contributed by atoms with Crippen molar-refractivity contribution >= 4 is 45.4 Å². The minimum atomic E-state index is -0.135. The fourth-order valence-electron chi connectivity index (χ4n) is 2.29. The van der Waals surface area contributed by atoms with Gasteiger partial charge < -0.3 is 4.90 Å². The molecule has 1 aliphatic rings. The zero-order chi connectivity index (χ0) is 14.3. The van der Waals surface area contributed by atoms with Gasteiger partial charge in [-0.2, -0.15) is 0 Å². The summed E-state index contributed by atoms with van der Waals surface area (Å²) in [4.78, 5) is 24.9. The molecule has 1 amide bonds. The minimum Gasteiger partial charge on any atom is -0.302 e. The summed E-state index contributed by atoms with van der Waals surface area (Å²) in [5.41, 5.74) is 2.62. The van der Waals surface area contributed by atoms with E-state index in [1.165, 1.54) is 0 Å². The Labute approximate surface area is 129 Å². The lowest BCUT2D eigenvalue weighted by molar-refractivity contribution is 0.0996. The molecule has 0 spiro atoms. The Morgan fingerprint density at radius 3 is 2.80 bits per heavy atom. The summed E-state index contributed by atoms with van der Waals surface area (Å²) in [6, 6.07) is 10.6. The van der Waals surface area contributed by atoms with Crippen LogP contribution in [-0.2, 0) is 6.54 Å². The summed E-state index contributed by atoms with van der Waals surface area (Å²) in [6.45, 7) is 0.462. The molecular formula is C15H9BrClNO2. The third-order valence-corrected chi connectivity index (χ3v) is 4.58. The summed E-state index contributed by atoms with van der Waals surface area (Å²) < 4.78 is 0.744. The van der Waals surface area contributed by atoms with E-state index < -0.39 is 0 Å². The van der Waals surface area contributed by atoms with Crippen LogP contribution in [-0.4, -0.2) is 12.2 Å². The average molecular weight is 351 g/mol. The van der Waals surface area contributed by atoms with Crippen molar-refractivity contribution in [3.05, 3.63) is 62.6 Å². The van der Waals surface area contributed by atoms with Gasteiger partial charge in [-0.3, -0.25) is 9.59 Å². The second-order valence-corrected chi connectivity index (χ2v) is 5.73. The van der Waals surface area contributed by atoms with Crippen LogP contribution in [0.3, 0.4) is 0 Å². The second-order valence-electron chi connectivity index (χ2n) is 4.50. The van der Waals surface area contributed by atoms with Gasteiger partial charge in [0.05, 0.1) is 17.3 Å². The van der Waals surface area contributed by atoms with Crippen molar-refractivity contribution in [1.82, 2.24) is 0 Å². The minimum absolute atomic E-state index is 0.135. The van der Waals surface area contributed by atoms with E-state index in [0.29, 0.717) is 28.4 Å². The highest BCUT2D eigenvalue weighted by Gasteiger charge is 2.30. The Morgan fingerprint density at radius 2 is 2.05 bits per heavy atom. The molecule has 0 saturated carbocycles. The maximum absolute atomic E-state index is 12.5. The zero-order valence-electron chi connectivity index (χ0n) is 10.3. The van der Waals surface area contributed by atoms with Crippen LogP contribution in [0.5, 0.6) is 0 Å². The SMILES string of the molecule is O=Cc1ccc2c(c1)C(=O)N(c1cccc(Br)c1Cl)C2. The Balaban J connectivity index is 2.05. The standard InChI is InChI=1S/C15H9BrClNO2/c16-12-2-1-3-13(14(12)17)18-7-10-5-4-9(8-19)6-11(10)15(18)20/h1-6,8H,7H2. The van der Waals surface area contributed by atoms with E-state index in [4.69, 9.17) is 11.6 Å². The van der Waals surface area contributed by atoms with Crippen LogP contribution in [0.1, 0.15) is 26.3 Å². The Kier molecular flexibility index (Phi) is 3.36. The first-order chi connectivity index (χ1) is 9.61. The van der Waals surface area contributed by atoms with Gasteiger partial charge in [-0.15, -0.1) is 0 Å². The van der Waals surface area contributed by atoms with Gasteiger partial charge in [-0.25, -0.2) is 0 Å². The van der Waals surface area contributed by atoms with Crippen molar-refractivity contribution < 1.29 is 9.59 Å². The molecule has 2 aromatic rings. The van der Waals surface area contributed by atoms with Gasteiger partial charge in [-0.05, 0) is 39.7 Å². The molecule has 0 bridgehead atoms. The highest BCUT2D eigenvalue weighted by molar-refractivity contribution is 9.10. The first kappa shape index (κ1) is 13.3. The predicted molar refractivity (Wildman–Crippen MR) is 81.5 cm³/mol. The molecule has 0 unspecified atom stereocenters. The van der Waals surface area contributed by atoms with Crippen molar-refractivity contribution in [2.45, 2.75) is 6.54 Å². The van der Waals surface area contributed by atoms with Crippen molar-refractivity contribution in [3.63, 3.8) is 0 Å². The predicted octanol–water partition coefficient (Wildman–Crippen LogP) is 4.08. The van der Waals surface area contributed by atoms with Crippen LogP contribution >= 0.6 is 27.5 Å². The molecule has 0 atom stereocenters. The summed E-state index contributed by atoms with van der Waals surface area (Å²) in [5.74, 6) is -0.135. The number of hydrogen-bond donors (Lipinski definition) is 0. The number of halogens is 2. The lowest BCUT2D eigenvalue weighted by atomic mass is 10.1. The van der Waals surface area contributed by atoms with Crippen LogP contribution < -0.4 is 4.90 Å². The van der Waals surface area contributed by atoms with Crippen molar-refractivity contribution in [2.24, 2.45) is 0 Å². The maximum Gasteiger partial charge on any atom is 0.259 e. The number of hydrogen-bond acceptors (Lipinski definition) is 2. The molecule has 20 heavy (non-hydrogen) atoms. The third kappa shape index (κ3) is 2.05. The largest absolute Gasteiger partial charge is 0.302 e. The van der Waals surface area contributed by atoms with Gasteiger partial charge in [-0.1, -0.05) is 29.8 Å². The zero-order valence-corrected chi connectivity index (χ0v) is 12.6. The smallest absolute Gasteiger partial charge is 0.259 e. The van der Waals surface area contributed by atoms with Crippen molar-refractivity contribution in [3.8, 4) is 0 Å². The van der Waals surface area contributed by atoms with Crippen molar-refractivity contribution in [2.75, 3.05) is 4.90 Å². The number of aldehydes is 1. The molecule has 5 heteroatoms. The molecule has 3 rings (SSSR count). The van der Waals surface area contributed by atoms with Gasteiger partial charge in [0.15, 0.2) is 0 Å². The van der Waals surface area contributed by atoms with Gasteiger partial charge in [0.2, 0.25) is 0 Å². The Hall–Kier alpha value is -1.65. The Morgan fingerprint density at radius 1 is 1.25 bits per heavy atom. The fourth-order valence-corrected chi connectivity index (χ4v) is 2.87. The van der Waals surface area contributed by atoms with Gasteiger partial charge >= 0.3 is 0 Å². The van der Waals surface area contributed by atoms with Crippen LogP contribution in [0.15, 0.2) is 40.9 Å². The number of carbonyl (C=O) groups excluding carboxylic acids is 2. The monoisotopic (exact) mass is 349 g/mol. The van der Waals surface area contributed by atoms with Gasteiger partial charge in [0, 0.05) is 15.6 Å². The molecule has 0 radical (unpaired) electrons. The van der Waals surface area contributed by atoms with Crippen LogP contribution in [0, 0.1) is 0 Å².